The minimum atomic E-state index is -0.535. The number of ether oxygens (including phenoxy) is 2. The second-order valence-electron chi connectivity index (χ2n) is 5.28. The van der Waals surface area contributed by atoms with Crippen LogP contribution < -0.4 is 14.8 Å². The molecule has 0 saturated carbocycles. The molecule has 0 spiro atoms. The number of hydrogen-bond acceptors (Lipinski definition) is 4. The van der Waals surface area contributed by atoms with Crippen LogP contribution in [-0.2, 0) is 6.54 Å². The maximum atomic E-state index is 9.36. The van der Waals surface area contributed by atoms with Gasteiger partial charge in [-0.25, -0.2) is 0 Å². The van der Waals surface area contributed by atoms with E-state index < -0.39 is 6.10 Å². The number of rotatable bonds is 8. The highest BCUT2D eigenvalue weighted by Crippen LogP contribution is 2.34. The van der Waals surface area contributed by atoms with Crippen LogP contribution in [0.15, 0.2) is 12.1 Å². The van der Waals surface area contributed by atoms with E-state index in [2.05, 4.69) is 19.2 Å². The maximum absolute atomic E-state index is 9.36. The first-order chi connectivity index (χ1) is 9.43. The van der Waals surface area contributed by atoms with Crippen LogP contribution in [0.3, 0.4) is 0 Å². The van der Waals surface area contributed by atoms with Crippen molar-refractivity contribution in [2.75, 3.05) is 20.3 Å². The Morgan fingerprint density at radius 2 is 2.00 bits per heavy atom. The zero-order valence-corrected chi connectivity index (χ0v) is 13.3. The summed E-state index contributed by atoms with van der Waals surface area (Å²) in [6.07, 6.45) is -0.535. The fraction of sp³-hybridized carbons (Fsp3) is 0.600. The molecule has 0 aromatic heterocycles. The first-order valence-electron chi connectivity index (χ1n) is 6.82. The summed E-state index contributed by atoms with van der Waals surface area (Å²) in [5.41, 5.74) is 0.927. The van der Waals surface area contributed by atoms with Crippen LogP contribution in [0.2, 0.25) is 5.02 Å². The quantitative estimate of drug-likeness (QED) is 0.775. The van der Waals surface area contributed by atoms with Gasteiger partial charge in [0.15, 0.2) is 11.5 Å². The van der Waals surface area contributed by atoms with Gasteiger partial charge in [0, 0.05) is 23.2 Å². The summed E-state index contributed by atoms with van der Waals surface area (Å²) >= 11 is 6.09. The van der Waals surface area contributed by atoms with E-state index >= 15 is 0 Å². The molecule has 0 amide bonds. The van der Waals surface area contributed by atoms with Gasteiger partial charge in [0.25, 0.3) is 0 Å². The minimum Gasteiger partial charge on any atom is -0.493 e. The SMILES string of the molecule is COc1cc(Cl)cc(CNCC(C)C)c1OCC(C)O. The molecule has 1 aromatic rings. The molecule has 0 bridgehead atoms. The van der Waals surface area contributed by atoms with Gasteiger partial charge in [-0.1, -0.05) is 25.4 Å². The van der Waals surface area contributed by atoms with E-state index in [1.165, 1.54) is 0 Å². The molecule has 1 aromatic carbocycles. The Kier molecular flexibility index (Phi) is 7.13. The van der Waals surface area contributed by atoms with Gasteiger partial charge in [-0.15, -0.1) is 0 Å². The average molecular weight is 302 g/mol. The molecule has 0 saturated heterocycles. The lowest BCUT2D eigenvalue weighted by molar-refractivity contribution is 0.120. The Morgan fingerprint density at radius 1 is 1.30 bits per heavy atom. The third kappa shape index (κ3) is 5.57. The van der Waals surface area contributed by atoms with Crippen molar-refractivity contribution in [3.63, 3.8) is 0 Å². The standard InChI is InChI=1S/C15H24ClNO3/c1-10(2)7-17-8-12-5-13(16)6-14(19-4)15(12)20-9-11(3)18/h5-6,10-11,17-18H,7-9H2,1-4H3. The number of aliphatic hydroxyl groups excluding tert-OH is 1. The molecule has 1 atom stereocenters. The lowest BCUT2D eigenvalue weighted by Crippen LogP contribution is -2.20. The normalized spacial score (nSPS) is 12.6. The van der Waals surface area contributed by atoms with E-state index in [0.717, 1.165) is 12.1 Å². The van der Waals surface area contributed by atoms with Crippen LogP contribution in [0.4, 0.5) is 0 Å². The number of benzene rings is 1. The van der Waals surface area contributed by atoms with Crippen molar-refractivity contribution in [1.29, 1.82) is 0 Å². The van der Waals surface area contributed by atoms with Crippen molar-refractivity contribution in [1.82, 2.24) is 5.32 Å². The van der Waals surface area contributed by atoms with Gasteiger partial charge in [-0.2, -0.15) is 0 Å². The molecule has 114 valence electrons. The number of methoxy groups -OCH3 is 1. The molecule has 0 heterocycles. The second-order valence-corrected chi connectivity index (χ2v) is 5.72. The molecule has 1 unspecified atom stereocenters. The van der Waals surface area contributed by atoms with Crippen LogP contribution in [0.25, 0.3) is 0 Å². The van der Waals surface area contributed by atoms with Gasteiger partial charge in [-0.3, -0.25) is 0 Å². The molecule has 0 aliphatic heterocycles. The second kappa shape index (κ2) is 8.35. The van der Waals surface area contributed by atoms with Crippen molar-refractivity contribution in [2.45, 2.75) is 33.4 Å². The highest BCUT2D eigenvalue weighted by atomic mass is 35.5. The molecular weight excluding hydrogens is 278 g/mol. The predicted molar refractivity (Wildman–Crippen MR) is 81.7 cm³/mol. The van der Waals surface area contributed by atoms with E-state index in [1.54, 1.807) is 20.1 Å². The summed E-state index contributed by atoms with van der Waals surface area (Å²) in [4.78, 5) is 0. The lowest BCUT2D eigenvalue weighted by atomic mass is 10.1. The summed E-state index contributed by atoms with van der Waals surface area (Å²) in [6, 6.07) is 3.57. The monoisotopic (exact) mass is 301 g/mol. The van der Waals surface area contributed by atoms with E-state index in [-0.39, 0.29) is 6.61 Å². The number of halogens is 1. The zero-order chi connectivity index (χ0) is 15.1. The maximum Gasteiger partial charge on any atom is 0.165 e. The van der Waals surface area contributed by atoms with E-state index in [1.807, 2.05) is 6.07 Å². The lowest BCUT2D eigenvalue weighted by Gasteiger charge is -2.17. The molecule has 0 fully saturated rings. The zero-order valence-electron chi connectivity index (χ0n) is 12.6. The molecular formula is C15H24ClNO3. The molecule has 0 aliphatic rings. The van der Waals surface area contributed by atoms with Crippen LogP contribution in [-0.4, -0.2) is 31.5 Å². The van der Waals surface area contributed by atoms with E-state index in [9.17, 15) is 5.11 Å². The average Bonchev–Trinajstić information content (AvgIpc) is 2.36. The first-order valence-corrected chi connectivity index (χ1v) is 7.19. The first kappa shape index (κ1) is 17.1. The third-order valence-corrected chi connectivity index (χ3v) is 2.87. The Bertz CT molecular complexity index is 422. The molecule has 20 heavy (non-hydrogen) atoms. The van der Waals surface area contributed by atoms with Crippen molar-refractivity contribution in [3.8, 4) is 11.5 Å². The Morgan fingerprint density at radius 3 is 2.55 bits per heavy atom. The fourth-order valence-electron chi connectivity index (χ4n) is 1.77. The van der Waals surface area contributed by atoms with Gasteiger partial charge < -0.3 is 19.9 Å². The molecule has 5 heteroatoms. The highest BCUT2D eigenvalue weighted by Gasteiger charge is 2.13. The number of hydrogen-bond donors (Lipinski definition) is 2. The van der Waals surface area contributed by atoms with Gasteiger partial charge in [-0.05, 0) is 25.5 Å². The topological polar surface area (TPSA) is 50.7 Å². The summed E-state index contributed by atoms with van der Waals surface area (Å²) in [5.74, 6) is 1.78. The molecule has 1 rings (SSSR count). The van der Waals surface area contributed by atoms with Crippen LogP contribution >= 0.6 is 11.6 Å². The summed E-state index contributed by atoms with van der Waals surface area (Å²) in [6.45, 7) is 7.75. The van der Waals surface area contributed by atoms with Gasteiger partial charge in [0.1, 0.15) is 6.61 Å². The van der Waals surface area contributed by atoms with Crippen molar-refractivity contribution >= 4 is 11.6 Å². The highest BCUT2D eigenvalue weighted by molar-refractivity contribution is 6.30. The summed E-state index contributed by atoms with van der Waals surface area (Å²) in [7, 11) is 1.58. The molecule has 0 aliphatic carbocycles. The molecule has 2 N–H and O–H groups in total. The fourth-order valence-corrected chi connectivity index (χ4v) is 2.00. The van der Waals surface area contributed by atoms with Gasteiger partial charge in [0.05, 0.1) is 13.2 Å². The summed E-state index contributed by atoms with van der Waals surface area (Å²) in [5, 5.41) is 13.3. The predicted octanol–water partition coefficient (Wildman–Crippen LogP) is 2.85. The molecule has 0 radical (unpaired) electrons. The number of nitrogens with one attached hydrogen (secondary N) is 1. The van der Waals surface area contributed by atoms with E-state index in [0.29, 0.717) is 29.0 Å². The number of aliphatic hydroxyl groups is 1. The van der Waals surface area contributed by atoms with Crippen LogP contribution in [0.1, 0.15) is 26.3 Å². The Balaban J connectivity index is 2.90. The van der Waals surface area contributed by atoms with E-state index in [4.69, 9.17) is 21.1 Å². The van der Waals surface area contributed by atoms with Crippen molar-refractivity contribution < 1.29 is 14.6 Å². The van der Waals surface area contributed by atoms with Gasteiger partial charge >= 0.3 is 0 Å². The smallest absolute Gasteiger partial charge is 0.165 e. The Hall–Kier alpha value is -0.970. The Labute approximate surface area is 126 Å². The minimum absolute atomic E-state index is 0.217. The van der Waals surface area contributed by atoms with Gasteiger partial charge in [0.2, 0.25) is 0 Å². The van der Waals surface area contributed by atoms with Crippen molar-refractivity contribution in [3.05, 3.63) is 22.7 Å². The van der Waals surface area contributed by atoms with Crippen molar-refractivity contribution in [2.24, 2.45) is 5.92 Å². The third-order valence-electron chi connectivity index (χ3n) is 2.65. The van der Waals surface area contributed by atoms with Crippen LogP contribution in [0.5, 0.6) is 11.5 Å². The molecule has 4 nitrogen and oxygen atoms in total. The summed E-state index contributed by atoms with van der Waals surface area (Å²) < 4.78 is 11.0. The van der Waals surface area contributed by atoms with Crippen LogP contribution in [0, 0.1) is 5.92 Å². The largest absolute Gasteiger partial charge is 0.493 e.